The highest BCUT2D eigenvalue weighted by Gasteiger charge is 2.10. The predicted octanol–water partition coefficient (Wildman–Crippen LogP) is 3.94. The normalized spacial score (nSPS) is 12.1. The zero-order chi connectivity index (χ0) is 13.5. The molecule has 0 spiro atoms. The molecule has 0 radical (unpaired) electrons. The van der Waals surface area contributed by atoms with Gasteiger partial charge in [-0.2, -0.15) is 0 Å². The molecule has 1 heterocycles. The van der Waals surface area contributed by atoms with E-state index in [4.69, 9.17) is 4.74 Å². The molecule has 0 N–H and O–H groups in total. The van der Waals surface area contributed by atoms with Gasteiger partial charge in [0.1, 0.15) is 0 Å². The number of rotatable bonds is 6. The van der Waals surface area contributed by atoms with Crippen molar-refractivity contribution in [2.24, 2.45) is 0 Å². The van der Waals surface area contributed by atoms with E-state index >= 15 is 0 Å². The first-order chi connectivity index (χ1) is 9.29. The molecular formula is C15H17BrN2O. The van der Waals surface area contributed by atoms with Crippen LogP contribution in [-0.2, 0) is 6.42 Å². The lowest BCUT2D eigenvalue weighted by Gasteiger charge is -2.10. The standard InChI is InChI=1S/C15H17BrN2O/c1-2-8-19-15-11-17-10-13(18-15)9-14(16)12-6-4-3-5-7-12/h3-7,10-11,14H,2,8-9H2,1H3. The number of hydrogen-bond donors (Lipinski definition) is 0. The summed E-state index contributed by atoms with van der Waals surface area (Å²) in [5.74, 6) is 0.604. The van der Waals surface area contributed by atoms with Crippen LogP contribution in [0.15, 0.2) is 42.7 Å². The third-order valence-corrected chi connectivity index (χ3v) is 3.52. The van der Waals surface area contributed by atoms with Crippen LogP contribution in [0.3, 0.4) is 0 Å². The third kappa shape index (κ3) is 4.31. The van der Waals surface area contributed by atoms with Gasteiger partial charge < -0.3 is 4.74 Å². The summed E-state index contributed by atoms with van der Waals surface area (Å²) in [7, 11) is 0. The zero-order valence-corrected chi connectivity index (χ0v) is 12.5. The number of nitrogens with zero attached hydrogens (tertiary/aromatic N) is 2. The van der Waals surface area contributed by atoms with Crippen LogP contribution in [0.4, 0.5) is 0 Å². The van der Waals surface area contributed by atoms with Gasteiger partial charge in [-0.3, -0.25) is 4.98 Å². The minimum Gasteiger partial charge on any atom is -0.477 e. The van der Waals surface area contributed by atoms with Crippen LogP contribution in [0.5, 0.6) is 5.88 Å². The quantitative estimate of drug-likeness (QED) is 0.756. The van der Waals surface area contributed by atoms with Crippen LogP contribution < -0.4 is 4.74 Å². The van der Waals surface area contributed by atoms with Crippen LogP contribution in [0, 0.1) is 0 Å². The van der Waals surface area contributed by atoms with E-state index in [1.54, 1.807) is 12.4 Å². The fraction of sp³-hybridized carbons (Fsp3) is 0.333. The van der Waals surface area contributed by atoms with Gasteiger partial charge >= 0.3 is 0 Å². The Morgan fingerprint density at radius 1 is 1.21 bits per heavy atom. The van der Waals surface area contributed by atoms with E-state index in [-0.39, 0.29) is 4.83 Å². The lowest BCUT2D eigenvalue weighted by atomic mass is 10.1. The van der Waals surface area contributed by atoms with Crippen molar-refractivity contribution in [3.05, 3.63) is 54.0 Å². The summed E-state index contributed by atoms with van der Waals surface area (Å²) in [6.45, 7) is 2.75. The topological polar surface area (TPSA) is 35.0 Å². The molecule has 3 nitrogen and oxygen atoms in total. The summed E-state index contributed by atoms with van der Waals surface area (Å²) >= 11 is 3.69. The highest BCUT2D eigenvalue weighted by Crippen LogP contribution is 2.26. The van der Waals surface area contributed by atoms with Crippen LogP contribution in [-0.4, -0.2) is 16.6 Å². The number of aromatic nitrogens is 2. The van der Waals surface area contributed by atoms with E-state index in [9.17, 15) is 0 Å². The molecule has 19 heavy (non-hydrogen) atoms. The van der Waals surface area contributed by atoms with Crippen LogP contribution >= 0.6 is 15.9 Å². The second-order valence-electron chi connectivity index (χ2n) is 4.28. The van der Waals surface area contributed by atoms with Gasteiger partial charge in [0, 0.05) is 17.4 Å². The summed E-state index contributed by atoms with van der Waals surface area (Å²) < 4.78 is 5.49. The van der Waals surface area contributed by atoms with E-state index in [1.165, 1.54) is 5.56 Å². The third-order valence-electron chi connectivity index (χ3n) is 2.67. The van der Waals surface area contributed by atoms with Crippen molar-refractivity contribution >= 4 is 15.9 Å². The Kier molecular flexibility index (Phi) is 5.33. The van der Waals surface area contributed by atoms with Gasteiger partial charge in [-0.1, -0.05) is 53.2 Å². The summed E-state index contributed by atoms with van der Waals surface area (Å²) in [5.41, 5.74) is 2.17. The number of hydrogen-bond acceptors (Lipinski definition) is 3. The van der Waals surface area contributed by atoms with Crippen LogP contribution in [0.2, 0.25) is 0 Å². The highest BCUT2D eigenvalue weighted by atomic mass is 79.9. The molecule has 0 aliphatic heterocycles. The molecule has 0 bridgehead atoms. The lowest BCUT2D eigenvalue weighted by molar-refractivity contribution is 0.303. The maximum Gasteiger partial charge on any atom is 0.232 e. The Morgan fingerprint density at radius 3 is 2.74 bits per heavy atom. The fourth-order valence-electron chi connectivity index (χ4n) is 1.72. The lowest BCUT2D eigenvalue weighted by Crippen LogP contribution is -2.02. The Labute approximate surface area is 122 Å². The van der Waals surface area contributed by atoms with Gasteiger partial charge in [-0.05, 0) is 12.0 Å². The van der Waals surface area contributed by atoms with Crippen molar-refractivity contribution in [3.8, 4) is 5.88 Å². The van der Waals surface area contributed by atoms with Crippen molar-refractivity contribution in [1.82, 2.24) is 9.97 Å². The Bertz CT molecular complexity index is 505. The van der Waals surface area contributed by atoms with E-state index in [0.717, 1.165) is 18.5 Å². The number of benzene rings is 1. The average molecular weight is 321 g/mol. The molecule has 100 valence electrons. The van der Waals surface area contributed by atoms with Crippen LogP contribution in [0.1, 0.15) is 29.4 Å². The van der Waals surface area contributed by atoms with Crippen molar-refractivity contribution in [2.75, 3.05) is 6.61 Å². The molecule has 2 rings (SSSR count). The first kappa shape index (κ1) is 14.0. The second-order valence-corrected chi connectivity index (χ2v) is 5.38. The molecule has 0 saturated carbocycles. The van der Waals surface area contributed by atoms with Crippen molar-refractivity contribution < 1.29 is 4.74 Å². The summed E-state index contributed by atoms with van der Waals surface area (Å²) in [5, 5.41) is 0. The maximum absolute atomic E-state index is 5.49. The van der Waals surface area contributed by atoms with Crippen molar-refractivity contribution in [2.45, 2.75) is 24.6 Å². The molecule has 0 saturated heterocycles. The Balaban J connectivity index is 2.02. The van der Waals surface area contributed by atoms with E-state index in [2.05, 4.69) is 45.0 Å². The smallest absolute Gasteiger partial charge is 0.232 e. The maximum atomic E-state index is 5.49. The number of halogens is 1. The van der Waals surface area contributed by atoms with Gasteiger partial charge in [0.2, 0.25) is 5.88 Å². The zero-order valence-electron chi connectivity index (χ0n) is 10.9. The number of ether oxygens (including phenoxy) is 1. The van der Waals surface area contributed by atoms with Crippen LogP contribution in [0.25, 0.3) is 0 Å². The molecule has 0 fully saturated rings. The molecule has 4 heteroatoms. The summed E-state index contributed by atoms with van der Waals surface area (Å²) in [6, 6.07) is 10.3. The van der Waals surface area contributed by atoms with Gasteiger partial charge in [0.05, 0.1) is 18.5 Å². The minimum absolute atomic E-state index is 0.240. The molecule has 1 aromatic carbocycles. The van der Waals surface area contributed by atoms with E-state index < -0.39 is 0 Å². The van der Waals surface area contributed by atoms with E-state index in [1.807, 2.05) is 18.2 Å². The summed E-state index contributed by atoms with van der Waals surface area (Å²) in [6.07, 6.45) is 5.21. The second kappa shape index (κ2) is 7.24. The van der Waals surface area contributed by atoms with Gasteiger partial charge in [-0.15, -0.1) is 0 Å². The SMILES string of the molecule is CCCOc1cncc(CC(Br)c2ccccc2)n1. The minimum atomic E-state index is 0.240. The molecule has 1 aromatic heterocycles. The van der Waals surface area contributed by atoms with E-state index in [0.29, 0.717) is 12.5 Å². The number of alkyl halides is 1. The van der Waals surface area contributed by atoms with Gasteiger partial charge in [0.25, 0.3) is 0 Å². The first-order valence-corrected chi connectivity index (χ1v) is 7.34. The molecule has 1 atom stereocenters. The highest BCUT2D eigenvalue weighted by molar-refractivity contribution is 9.09. The molecular weight excluding hydrogens is 304 g/mol. The monoisotopic (exact) mass is 320 g/mol. The predicted molar refractivity (Wildman–Crippen MR) is 79.6 cm³/mol. The molecule has 2 aromatic rings. The Morgan fingerprint density at radius 2 is 2.00 bits per heavy atom. The summed E-state index contributed by atoms with van der Waals surface area (Å²) in [4.78, 5) is 8.88. The van der Waals surface area contributed by atoms with Crippen molar-refractivity contribution in [3.63, 3.8) is 0 Å². The van der Waals surface area contributed by atoms with Crippen molar-refractivity contribution in [1.29, 1.82) is 0 Å². The average Bonchev–Trinajstić information content (AvgIpc) is 2.46. The van der Waals surface area contributed by atoms with Gasteiger partial charge in [-0.25, -0.2) is 4.98 Å². The first-order valence-electron chi connectivity index (χ1n) is 6.42. The van der Waals surface area contributed by atoms with Gasteiger partial charge in [0.15, 0.2) is 0 Å². The molecule has 1 unspecified atom stereocenters. The largest absolute Gasteiger partial charge is 0.477 e. The molecule has 0 aliphatic rings. The molecule has 0 aliphatic carbocycles. The molecule has 0 amide bonds. The Hall–Kier alpha value is -1.42. The fourth-order valence-corrected chi connectivity index (χ4v) is 2.36.